The molecule has 0 unspecified atom stereocenters. The molecule has 4 rings (SSSR count). The van der Waals surface area contributed by atoms with E-state index in [1.165, 1.54) is 17.6 Å². The normalized spacial score (nSPS) is 11.5. The Kier molecular flexibility index (Phi) is 9.79. The van der Waals surface area contributed by atoms with E-state index >= 15 is 0 Å². The van der Waals surface area contributed by atoms with Gasteiger partial charge in [0.25, 0.3) is 0 Å². The summed E-state index contributed by atoms with van der Waals surface area (Å²) in [7, 11) is -2.43. The Morgan fingerprint density at radius 1 is 0.929 bits per heavy atom. The molecule has 2 amide bonds. The van der Waals surface area contributed by atoms with Gasteiger partial charge in [-0.3, -0.25) is 9.59 Å². The first-order chi connectivity index (χ1) is 20.0. The lowest BCUT2D eigenvalue weighted by molar-refractivity contribution is -0.136. The van der Waals surface area contributed by atoms with E-state index in [-0.39, 0.29) is 23.7 Å². The van der Waals surface area contributed by atoms with Crippen molar-refractivity contribution in [3.8, 4) is 5.75 Å². The second-order valence-electron chi connectivity index (χ2n) is 9.37. The summed E-state index contributed by atoms with van der Waals surface area (Å²) in [5.74, 6) is -0.944. The fraction of sp³-hybridized carbons (Fsp3) is 0.167. The Bertz CT molecular complexity index is 1700. The van der Waals surface area contributed by atoms with Gasteiger partial charge in [-0.1, -0.05) is 47.5 Å². The summed E-state index contributed by atoms with van der Waals surface area (Å²) in [6.07, 6.45) is 1.21. The molecule has 12 heteroatoms. The zero-order valence-electron chi connectivity index (χ0n) is 23.1. The topological polar surface area (TPSA) is 130 Å². The molecule has 0 aliphatic heterocycles. The Morgan fingerprint density at radius 3 is 2.31 bits per heavy atom. The summed E-state index contributed by atoms with van der Waals surface area (Å²) in [4.78, 5) is 24.7. The monoisotopic (exact) mass is 608 g/mol. The zero-order chi connectivity index (χ0) is 30.3. The van der Waals surface area contributed by atoms with E-state index in [1.807, 2.05) is 19.9 Å². The van der Waals surface area contributed by atoms with Crippen LogP contribution < -0.4 is 15.5 Å². The van der Waals surface area contributed by atoms with E-state index in [0.29, 0.717) is 22.2 Å². The number of furan rings is 1. The molecule has 218 valence electrons. The highest BCUT2D eigenvalue weighted by Crippen LogP contribution is 2.25. The number of sulfonamides is 1. The fourth-order valence-electron chi connectivity index (χ4n) is 3.91. The van der Waals surface area contributed by atoms with Crippen molar-refractivity contribution in [2.45, 2.75) is 31.8 Å². The van der Waals surface area contributed by atoms with Crippen molar-refractivity contribution in [2.75, 3.05) is 12.4 Å². The van der Waals surface area contributed by atoms with Crippen molar-refractivity contribution in [2.24, 2.45) is 5.10 Å². The van der Waals surface area contributed by atoms with Crippen LogP contribution in [0.5, 0.6) is 5.75 Å². The predicted octanol–water partition coefficient (Wildman–Crippen LogP) is 5.04. The van der Waals surface area contributed by atoms with Crippen molar-refractivity contribution < 1.29 is 27.2 Å². The van der Waals surface area contributed by atoms with Gasteiger partial charge in [-0.15, -0.1) is 0 Å². The SMILES string of the molecule is COc1ccc(C)cc1NC(=O)C(=O)N/N=C/c1ccc(CN(Cc2ccc(Cl)cc2)S(=O)(=O)c2ccc(C)cc2)o1. The number of carbonyl (C=O) groups excluding carboxylic acids is 2. The Morgan fingerprint density at radius 2 is 1.62 bits per heavy atom. The van der Waals surface area contributed by atoms with Gasteiger partial charge in [-0.25, -0.2) is 13.8 Å². The van der Waals surface area contributed by atoms with Crippen molar-refractivity contribution in [3.63, 3.8) is 0 Å². The highest BCUT2D eigenvalue weighted by Gasteiger charge is 2.26. The highest BCUT2D eigenvalue weighted by molar-refractivity contribution is 7.89. The van der Waals surface area contributed by atoms with Crippen molar-refractivity contribution in [1.29, 1.82) is 0 Å². The summed E-state index contributed by atoms with van der Waals surface area (Å²) < 4.78 is 39.4. The van der Waals surface area contributed by atoms with E-state index in [4.69, 9.17) is 20.8 Å². The van der Waals surface area contributed by atoms with Crippen LogP contribution >= 0.6 is 11.6 Å². The van der Waals surface area contributed by atoms with Crippen LogP contribution in [0.15, 0.2) is 93.3 Å². The van der Waals surface area contributed by atoms with Gasteiger partial charge in [0.15, 0.2) is 0 Å². The smallest absolute Gasteiger partial charge is 0.329 e. The molecule has 0 saturated heterocycles. The molecule has 0 spiro atoms. The van der Waals surface area contributed by atoms with Gasteiger partial charge in [0.1, 0.15) is 17.3 Å². The summed E-state index contributed by atoms with van der Waals surface area (Å²) in [5, 5.41) is 6.81. The molecule has 1 heterocycles. The maximum Gasteiger partial charge on any atom is 0.329 e. The predicted molar refractivity (Wildman–Crippen MR) is 160 cm³/mol. The van der Waals surface area contributed by atoms with Gasteiger partial charge in [0, 0.05) is 11.6 Å². The van der Waals surface area contributed by atoms with Gasteiger partial charge in [-0.05, 0) is 73.5 Å². The summed E-state index contributed by atoms with van der Waals surface area (Å²) in [6.45, 7) is 3.73. The lowest BCUT2D eigenvalue weighted by atomic mass is 10.2. The number of ether oxygens (including phenoxy) is 1. The van der Waals surface area contributed by atoms with Crippen LogP contribution in [0.1, 0.15) is 28.2 Å². The molecule has 4 aromatic rings. The van der Waals surface area contributed by atoms with E-state index in [1.54, 1.807) is 72.8 Å². The molecule has 0 aliphatic carbocycles. The van der Waals surface area contributed by atoms with Crippen molar-refractivity contribution in [1.82, 2.24) is 9.73 Å². The average Bonchev–Trinajstić information content (AvgIpc) is 3.41. The molecule has 1 aromatic heterocycles. The molecule has 42 heavy (non-hydrogen) atoms. The maximum atomic E-state index is 13.6. The lowest BCUT2D eigenvalue weighted by Gasteiger charge is -2.21. The molecule has 0 bridgehead atoms. The number of rotatable bonds is 10. The zero-order valence-corrected chi connectivity index (χ0v) is 24.7. The quantitative estimate of drug-likeness (QED) is 0.147. The summed E-state index contributed by atoms with van der Waals surface area (Å²) in [5.41, 5.74) is 5.04. The van der Waals surface area contributed by atoms with E-state index in [0.717, 1.165) is 16.7 Å². The number of hydrogen-bond donors (Lipinski definition) is 2. The number of nitrogens with zero attached hydrogens (tertiary/aromatic N) is 2. The van der Waals surface area contributed by atoms with Crippen LogP contribution in [0.2, 0.25) is 5.02 Å². The molecule has 0 radical (unpaired) electrons. The third-order valence-corrected chi connectivity index (χ3v) is 8.17. The minimum atomic E-state index is -3.89. The number of amides is 2. The molecule has 3 aromatic carbocycles. The number of methoxy groups -OCH3 is 1. The number of benzene rings is 3. The first kappa shape index (κ1) is 30.5. The highest BCUT2D eigenvalue weighted by atomic mass is 35.5. The van der Waals surface area contributed by atoms with E-state index in [2.05, 4.69) is 15.8 Å². The largest absolute Gasteiger partial charge is 0.495 e. The second kappa shape index (κ2) is 13.5. The number of hydrazone groups is 1. The average molecular weight is 609 g/mol. The van der Waals surface area contributed by atoms with Crippen LogP contribution in [-0.4, -0.2) is 37.9 Å². The molecule has 10 nitrogen and oxygen atoms in total. The van der Waals surface area contributed by atoms with Crippen LogP contribution in [0.4, 0.5) is 5.69 Å². The van der Waals surface area contributed by atoms with E-state index in [9.17, 15) is 18.0 Å². The van der Waals surface area contributed by atoms with Crippen LogP contribution in [0.3, 0.4) is 0 Å². The van der Waals surface area contributed by atoms with E-state index < -0.39 is 21.8 Å². The minimum absolute atomic E-state index is 0.0697. The molecule has 0 atom stereocenters. The Balaban J connectivity index is 1.44. The number of carbonyl (C=O) groups is 2. The second-order valence-corrected chi connectivity index (χ2v) is 11.7. The van der Waals surface area contributed by atoms with Crippen LogP contribution in [0.25, 0.3) is 0 Å². The Labute approximate surface area is 249 Å². The number of halogens is 1. The van der Waals surface area contributed by atoms with Gasteiger partial charge < -0.3 is 14.5 Å². The molecule has 0 aliphatic rings. The molecule has 0 saturated carbocycles. The first-order valence-corrected chi connectivity index (χ1v) is 14.6. The molecule has 0 fully saturated rings. The fourth-order valence-corrected chi connectivity index (χ4v) is 5.43. The van der Waals surface area contributed by atoms with Crippen molar-refractivity contribution >= 4 is 45.3 Å². The van der Waals surface area contributed by atoms with Gasteiger partial charge in [-0.2, -0.15) is 9.41 Å². The number of anilines is 1. The Hall–Kier alpha value is -4.45. The van der Waals surface area contributed by atoms with Gasteiger partial charge >= 0.3 is 11.8 Å². The number of hydrogen-bond acceptors (Lipinski definition) is 7. The standard InChI is InChI=1S/C30H29ClN4O6S/c1-20-4-13-26(14-5-20)42(38,39)35(18-22-7-9-23(31)10-8-22)19-25-12-11-24(41-25)17-32-34-30(37)29(36)33-27-16-21(2)6-15-28(27)40-3/h4-17H,18-19H2,1-3H3,(H,33,36)(H,34,37)/b32-17+. The van der Waals surface area contributed by atoms with Gasteiger partial charge in [0.2, 0.25) is 10.0 Å². The van der Waals surface area contributed by atoms with Crippen molar-refractivity contribution in [3.05, 3.63) is 112 Å². The molecular weight excluding hydrogens is 580 g/mol. The number of nitrogens with one attached hydrogen (secondary N) is 2. The number of aryl methyl sites for hydroxylation is 2. The third kappa shape index (κ3) is 7.84. The van der Waals surface area contributed by atoms with Gasteiger partial charge in [0.05, 0.1) is 30.5 Å². The van der Waals surface area contributed by atoms with Crippen LogP contribution in [-0.2, 0) is 32.7 Å². The maximum absolute atomic E-state index is 13.6. The minimum Gasteiger partial charge on any atom is -0.495 e. The lowest BCUT2D eigenvalue weighted by Crippen LogP contribution is -2.32. The van der Waals surface area contributed by atoms with Crippen LogP contribution in [0, 0.1) is 13.8 Å². The third-order valence-electron chi connectivity index (χ3n) is 6.11. The molecule has 2 N–H and O–H groups in total. The summed E-state index contributed by atoms with van der Waals surface area (Å²) >= 11 is 6.00. The summed E-state index contributed by atoms with van der Waals surface area (Å²) in [6, 6.07) is 21.9. The molecular formula is C30H29ClN4O6S. The first-order valence-electron chi connectivity index (χ1n) is 12.7.